The van der Waals surface area contributed by atoms with Gasteiger partial charge in [-0.3, -0.25) is 0 Å². The maximum absolute atomic E-state index is 15.6. The Morgan fingerprint density at radius 3 is 2.07 bits per heavy atom. The summed E-state index contributed by atoms with van der Waals surface area (Å²) in [6.07, 6.45) is 13.1. The zero-order valence-electron chi connectivity index (χ0n) is 18.7. The van der Waals surface area contributed by atoms with Crippen LogP contribution in [-0.2, 0) is 0 Å². The van der Waals surface area contributed by atoms with Crippen LogP contribution < -0.4 is 0 Å². The van der Waals surface area contributed by atoms with Gasteiger partial charge in [-0.1, -0.05) is 89.0 Å². The molecule has 1 aromatic rings. The molecule has 1 saturated heterocycles. The molecule has 2 aliphatic rings. The molecular formula is C26H39F3Si. The van der Waals surface area contributed by atoms with Gasteiger partial charge in [0.2, 0.25) is 8.41 Å². The second-order valence-electron chi connectivity index (χ2n) is 9.95. The molecule has 168 valence electrons. The Balaban J connectivity index is 1.38. The lowest BCUT2D eigenvalue weighted by Crippen LogP contribution is -2.34. The van der Waals surface area contributed by atoms with Crippen molar-refractivity contribution in [2.45, 2.75) is 102 Å². The van der Waals surface area contributed by atoms with Gasteiger partial charge in [0.25, 0.3) is 6.08 Å². The van der Waals surface area contributed by atoms with E-state index in [1.165, 1.54) is 56.9 Å². The van der Waals surface area contributed by atoms with Crippen LogP contribution in [0.3, 0.4) is 0 Å². The summed E-state index contributed by atoms with van der Waals surface area (Å²) in [6.45, 7) is 2.27. The first-order chi connectivity index (χ1) is 14.5. The molecular weight excluding hydrogens is 397 g/mol. The minimum absolute atomic E-state index is 0.396. The van der Waals surface area contributed by atoms with Crippen LogP contribution in [0.25, 0.3) is 6.08 Å². The molecule has 0 atom stereocenters. The smallest absolute Gasteiger partial charge is 0.270 e. The highest BCUT2D eigenvalue weighted by Gasteiger charge is 2.39. The molecule has 3 rings (SSSR count). The van der Waals surface area contributed by atoms with Crippen LogP contribution in [-0.4, -0.2) is 8.41 Å². The lowest BCUT2D eigenvalue weighted by Gasteiger charge is -2.34. The monoisotopic (exact) mass is 436 g/mol. The third-order valence-electron chi connectivity index (χ3n) is 7.75. The molecule has 0 radical (unpaired) electrons. The molecule has 0 spiro atoms. The first-order valence-corrected chi connectivity index (χ1v) is 14.8. The van der Waals surface area contributed by atoms with E-state index in [9.17, 15) is 8.78 Å². The number of benzene rings is 1. The summed E-state index contributed by atoms with van der Waals surface area (Å²) >= 11 is 0. The van der Waals surface area contributed by atoms with E-state index < -0.39 is 14.5 Å². The SMILES string of the molecule is CCCCC[C@H]1CC[C@H](CC[Si]2(F)CCC(c3ccc(C=C(F)F)cc3)CC2)CC1. The van der Waals surface area contributed by atoms with Crippen LogP contribution in [0, 0.1) is 11.8 Å². The highest BCUT2D eigenvalue weighted by Crippen LogP contribution is 2.43. The van der Waals surface area contributed by atoms with Crippen molar-refractivity contribution in [2.24, 2.45) is 11.8 Å². The topological polar surface area (TPSA) is 0 Å². The molecule has 1 aliphatic heterocycles. The summed E-state index contributed by atoms with van der Waals surface area (Å²) in [6, 6.07) is 9.83. The van der Waals surface area contributed by atoms with E-state index in [2.05, 4.69) is 6.92 Å². The lowest BCUT2D eigenvalue weighted by atomic mass is 9.79. The van der Waals surface area contributed by atoms with Crippen molar-refractivity contribution < 1.29 is 12.9 Å². The zero-order chi connectivity index (χ0) is 21.4. The molecule has 0 nitrogen and oxygen atoms in total. The standard InChI is InChI=1S/C26H39F3Si/c1-2-3-4-5-21-6-8-22(9-7-21)14-17-30(29)18-15-25(16-19-30)24-12-10-23(11-13-24)20-26(27)28/h10-13,20-22,25H,2-9,14-19H2,1H3/t21-,22-,25?,30?. The molecule has 1 saturated carbocycles. The number of hydrogen-bond donors (Lipinski definition) is 0. The largest absolute Gasteiger partial charge is 0.314 e. The summed E-state index contributed by atoms with van der Waals surface area (Å²) < 4.78 is 40.3. The van der Waals surface area contributed by atoms with Crippen LogP contribution in [0.2, 0.25) is 18.1 Å². The quantitative estimate of drug-likeness (QED) is 0.205. The van der Waals surface area contributed by atoms with Crippen LogP contribution in [0.5, 0.6) is 0 Å². The van der Waals surface area contributed by atoms with Crippen LogP contribution in [0.1, 0.15) is 94.6 Å². The van der Waals surface area contributed by atoms with Crippen molar-refractivity contribution in [3.05, 3.63) is 41.5 Å². The normalized spacial score (nSPS) is 29.5. The predicted octanol–water partition coefficient (Wildman–Crippen LogP) is 9.49. The molecule has 2 fully saturated rings. The molecule has 0 amide bonds. The van der Waals surface area contributed by atoms with E-state index >= 15 is 4.11 Å². The Hall–Kier alpha value is -1.03. The molecule has 0 unspecified atom stereocenters. The van der Waals surface area contributed by atoms with Gasteiger partial charge in [-0.2, -0.15) is 8.78 Å². The average molecular weight is 437 g/mol. The van der Waals surface area contributed by atoms with Gasteiger partial charge in [-0.05, 0) is 59.9 Å². The fourth-order valence-electron chi connectivity index (χ4n) is 5.66. The Morgan fingerprint density at radius 2 is 1.50 bits per heavy atom. The van der Waals surface area contributed by atoms with Gasteiger partial charge in [0, 0.05) is 6.08 Å². The number of hydrogen-bond acceptors (Lipinski definition) is 0. The molecule has 0 N–H and O–H groups in total. The molecule has 1 heterocycles. The third-order valence-corrected chi connectivity index (χ3v) is 11.3. The summed E-state index contributed by atoms with van der Waals surface area (Å²) in [7, 11) is -2.58. The zero-order valence-corrected chi connectivity index (χ0v) is 19.7. The number of rotatable bonds is 9. The van der Waals surface area contributed by atoms with E-state index in [1.807, 2.05) is 12.1 Å². The van der Waals surface area contributed by atoms with Crippen molar-refractivity contribution in [1.29, 1.82) is 0 Å². The minimum Gasteiger partial charge on any atom is -0.314 e. The molecule has 1 aromatic carbocycles. The molecule has 30 heavy (non-hydrogen) atoms. The summed E-state index contributed by atoms with van der Waals surface area (Å²) in [5.41, 5.74) is 1.72. The Kier molecular flexibility index (Phi) is 9.09. The predicted molar refractivity (Wildman–Crippen MR) is 124 cm³/mol. The number of halogens is 3. The van der Waals surface area contributed by atoms with E-state index in [4.69, 9.17) is 0 Å². The summed E-state index contributed by atoms with van der Waals surface area (Å²) in [4.78, 5) is 0. The fraction of sp³-hybridized carbons (Fsp3) is 0.692. The average Bonchev–Trinajstić information content (AvgIpc) is 2.74. The first-order valence-electron chi connectivity index (χ1n) is 12.3. The second kappa shape index (κ2) is 11.5. The van der Waals surface area contributed by atoms with E-state index in [1.54, 1.807) is 12.1 Å². The van der Waals surface area contributed by atoms with Crippen LogP contribution in [0.15, 0.2) is 30.3 Å². The molecule has 0 bridgehead atoms. The highest BCUT2D eigenvalue weighted by molar-refractivity contribution is 6.73. The van der Waals surface area contributed by atoms with Gasteiger partial charge in [-0.25, -0.2) is 0 Å². The van der Waals surface area contributed by atoms with Crippen molar-refractivity contribution >= 4 is 14.5 Å². The maximum atomic E-state index is 15.6. The molecule has 1 aliphatic carbocycles. The van der Waals surface area contributed by atoms with Gasteiger partial charge in [0.05, 0.1) is 0 Å². The van der Waals surface area contributed by atoms with Gasteiger partial charge in [0.15, 0.2) is 0 Å². The number of unbranched alkanes of at least 4 members (excludes halogenated alkanes) is 2. The van der Waals surface area contributed by atoms with E-state index in [-0.39, 0.29) is 0 Å². The van der Waals surface area contributed by atoms with Gasteiger partial charge in [0.1, 0.15) is 0 Å². The van der Waals surface area contributed by atoms with E-state index in [0.717, 1.165) is 55.3 Å². The second-order valence-corrected chi connectivity index (χ2v) is 13.7. The Bertz CT molecular complexity index is 649. The minimum atomic E-state index is -2.58. The van der Waals surface area contributed by atoms with E-state index in [0.29, 0.717) is 11.5 Å². The highest BCUT2D eigenvalue weighted by atomic mass is 28.4. The van der Waals surface area contributed by atoms with Gasteiger partial charge in [-0.15, -0.1) is 0 Å². The van der Waals surface area contributed by atoms with Crippen LogP contribution in [0.4, 0.5) is 12.9 Å². The lowest BCUT2D eigenvalue weighted by molar-refractivity contribution is 0.252. The first kappa shape index (κ1) is 23.6. The Labute approximate surface area is 182 Å². The van der Waals surface area contributed by atoms with Crippen molar-refractivity contribution in [1.82, 2.24) is 0 Å². The maximum Gasteiger partial charge on any atom is 0.270 e. The van der Waals surface area contributed by atoms with Crippen LogP contribution >= 0.6 is 0 Å². The molecule has 4 heteroatoms. The van der Waals surface area contributed by atoms with Crippen molar-refractivity contribution in [2.75, 3.05) is 0 Å². The summed E-state index contributed by atoms with van der Waals surface area (Å²) in [5.74, 6) is 2.10. The van der Waals surface area contributed by atoms with Gasteiger partial charge < -0.3 is 4.11 Å². The fourth-order valence-corrected chi connectivity index (χ4v) is 9.07. The van der Waals surface area contributed by atoms with Crippen molar-refractivity contribution in [3.8, 4) is 0 Å². The van der Waals surface area contributed by atoms with Crippen molar-refractivity contribution in [3.63, 3.8) is 0 Å². The third kappa shape index (κ3) is 7.28. The van der Waals surface area contributed by atoms with Gasteiger partial charge >= 0.3 is 0 Å². The summed E-state index contributed by atoms with van der Waals surface area (Å²) in [5, 5.41) is 0. The Morgan fingerprint density at radius 1 is 0.900 bits per heavy atom. The molecule has 0 aromatic heterocycles.